The van der Waals surface area contributed by atoms with E-state index in [1.807, 2.05) is 30.3 Å². The lowest BCUT2D eigenvalue weighted by Gasteiger charge is -2.36. The number of methoxy groups -OCH3 is 1. The molecule has 148 valence electrons. The van der Waals surface area contributed by atoms with E-state index in [-0.39, 0.29) is 5.91 Å². The van der Waals surface area contributed by atoms with E-state index in [2.05, 4.69) is 25.1 Å². The summed E-state index contributed by atoms with van der Waals surface area (Å²) >= 11 is 0. The van der Waals surface area contributed by atoms with Crippen LogP contribution >= 0.6 is 0 Å². The Kier molecular flexibility index (Phi) is 5.56. The van der Waals surface area contributed by atoms with Gasteiger partial charge in [0.05, 0.1) is 7.11 Å². The van der Waals surface area contributed by atoms with Crippen LogP contribution in [0.3, 0.4) is 0 Å². The first-order chi connectivity index (χ1) is 14.2. The first-order valence-corrected chi connectivity index (χ1v) is 9.54. The van der Waals surface area contributed by atoms with Gasteiger partial charge in [0, 0.05) is 49.3 Å². The topological polar surface area (TPSA) is 70.6 Å². The average molecular weight is 389 g/mol. The Morgan fingerprint density at radius 3 is 2.24 bits per heavy atom. The maximum atomic E-state index is 12.4. The second-order valence-corrected chi connectivity index (χ2v) is 6.77. The molecule has 7 nitrogen and oxygen atoms in total. The zero-order chi connectivity index (χ0) is 20.1. The molecule has 2 heterocycles. The van der Waals surface area contributed by atoms with E-state index in [4.69, 9.17) is 4.74 Å². The molecule has 1 aromatic heterocycles. The maximum Gasteiger partial charge on any atom is 0.255 e. The Balaban J connectivity index is 1.34. The number of carbonyl (C=O) groups is 1. The number of ether oxygens (including phenoxy) is 1. The smallest absolute Gasteiger partial charge is 0.255 e. The van der Waals surface area contributed by atoms with Gasteiger partial charge in [-0.2, -0.15) is 0 Å². The van der Waals surface area contributed by atoms with Crippen LogP contribution < -0.4 is 19.9 Å². The maximum absolute atomic E-state index is 12.4. The van der Waals surface area contributed by atoms with Crippen LogP contribution in [0, 0.1) is 0 Å². The van der Waals surface area contributed by atoms with Gasteiger partial charge in [0.1, 0.15) is 17.9 Å². The molecule has 1 N–H and O–H groups in total. The Morgan fingerprint density at radius 1 is 0.931 bits per heavy atom. The molecular formula is C22H23N5O2. The molecule has 1 fully saturated rings. The molecule has 7 heteroatoms. The van der Waals surface area contributed by atoms with Crippen molar-refractivity contribution in [1.82, 2.24) is 9.97 Å². The van der Waals surface area contributed by atoms with Crippen LogP contribution in [0.2, 0.25) is 0 Å². The van der Waals surface area contributed by atoms with Gasteiger partial charge in [0.25, 0.3) is 5.91 Å². The van der Waals surface area contributed by atoms with Crippen LogP contribution in [0.15, 0.2) is 67.1 Å². The first kappa shape index (κ1) is 18.7. The number of piperazine rings is 1. The zero-order valence-electron chi connectivity index (χ0n) is 16.3. The van der Waals surface area contributed by atoms with Crippen LogP contribution in [0.1, 0.15) is 10.4 Å². The molecule has 0 bridgehead atoms. The highest BCUT2D eigenvalue weighted by atomic mass is 16.5. The predicted molar refractivity (Wildman–Crippen MR) is 114 cm³/mol. The third-order valence-corrected chi connectivity index (χ3v) is 5.01. The van der Waals surface area contributed by atoms with Gasteiger partial charge in [0.15, 0.2) is 0 Å². The Morgan fingerprint density at radius 2 is 1.62 bits per heavy atom. The number of amides is 1. The number of hydrogen-bond donors (Lipinski definition) is 1. The second kappa shape index (κ2) is 8.60. The lowest BCUT2D eigenvalue weighted by atomic mass is 10.2. The molecule has 1 amide bonds. The molecule has 0 atom stereocenters. The summed E-state index contributed by atoms with van der Waals surface area (Å²) in [6.07, 6.45) is 3.36. The lowest BCUT2D eigenvalue weighted by molar-refractivity contribution is 0.102. The van der Waals surface area contributed by atoms with Gasteiger partial charge in [-0.3, -0.25) is 4.79 Å². The van der Waals surface area contributed by atoms with Gasteiger partial charge in [-0.15, -0.1) is 0 Å². The summed E-state index contributed by atoms with van der Waals surface area (Å²) in [4.78, 5) is 25.3. The number of hydrogen-bond acceptors (Lipinski definition) is 6. The number of aromatic nitrogens is 2. The van der Waals surface area contributed by atoms with Crippen LogP contribution in [0.25, 0.3) is 0 Å². The van der Waals surface area contributed by atoms with Crippen LogP contribution in [-0.4, -0.2) is 49.2 Å². The van der Waals surface area contributed by atoms with Gasteiger partial charge >= 0.3 is 0 Å². The Hall–Kier alpha value is -3.61. The minimum atomic E-state index is -0.140. The van der Waals surface area contributed by atoms with Gasteiger partial charge in [-0.05, 0) is 54.6 Å². The fourth-order valence-electron chi connectivity index (χ4n) is 3.37. The molecule has 2 aromatic carbocycles. The summed E-state index contributed by atoms with van der Waals surface area (Å²) in [6.45, 7) is 3.66. The molecule has 0 unspecified atom stereocenters. The van der Waals surface area contributed by atoms with Gasteiger partial charge in [-0.25, -0.2) is 9.97 Å². The number of anilines is 3. The molecule has 29 heavy (non-hydrogen) atoms. The van der Waals surface area contributed by atoms with Crippen molar-refractivity contribution in [3.8, 4) is 5.75 Å². The third kappa shape index (κ3) is 4.45. The summed E-state index contributed by atoms with van der Waals surface area (Å²) in [7, 11) is 1.60. The molecular weight excluding hydrogens is 366 g/mol. The predicted octanol–water partition coefficient (Wildman–Crippen LogP) is 3.06. The van der Waals surface area contributed by atoms with E-state index in [1.54, 1.807) is 43.9 Å². The summed E-state index contributed by atoms with van der Waals surface area (Å²) in [6, 6.07) is 17.0. The minimum Gasteiger partial charge on any atom is -0.497 e. The minimum absolute atomic E-state index is 0.140. The fraction of sp³-hybridized carbons (Fsp3) is 0.227. The standard InChI is InChI=1S/C22H23N5O2/c1-29-20-8-2-17(3-9-20)22(28)25-18-4-6-19(7-5-18)26-12-14-27(15-13-26)21-10-11-23-16-24-21/h2-11,16H,12-15H2,1H3,(H,25,28). The van der Waals surface area contributed by atoms with Crippen molar-refractivity contribution in [2.75, 3.05) is 48.4 Å². The van der Waals surface area contributed by atoms with Crippen molar-refractivity contribution in [3.63, 3.8) is 0 Å². The third-order valence-electron chi connectivity index (χ3n) is 5.01. The lowest BCUT2D eigenvalue weighted by Crippen LogP contribution is -2.46. The van der Waals surface area contributed by atoms with Crippen LogP contribution in [0.5, 0.6) is 5.75 Å². The van der Waals surface area contributed by atoms with E-state index >= 15 is 0 Å². The van der Waals surface area contributed by atoms with Crippen molar-refractivity contribution < 1.29 is 9.53 Å². The van der Waals surface area contributed by atoms with Crippen molar-refractivity contribution in [1.29, 1.82) is 0 Å². The second-order valence-electron chi connectivity index (χ2n) is 6.77. The van der Waals surface area contributed by atoms with E-state index in [1.165, 1.54) is 0 Å². The summed E-state index contributed by atoms with van der Waals surface area (Å²) in [5.41, 5.74) is 2.51. The number of nitrogens with one attached hydrogen (secondary N) is 1. The van der Waals surface area contributed by atoms with E-state index in [0.717, 1.165) is 49.1 Å². The largest absolute Gasteiger partial charge is 0.497 e. The normalized spacial score (nSPS) is 13.8. The highest BCUT2D eigenvalue weighted by molar-refractivity contribution is 6.04. The monoisotopic (exact) mass is 389 g/mol. The highest BCUT2D eigenvalue weighted by Crippen LogP contribution is 2.21. The summed E-state index contributed by atoms with van der Waals surface area (Å²) in [5, 5.41) is 2.93. The number of nitrogens with zero attached hydrogens (tertiary/aromatic N) is 4. The molecule has 0 spiro atoms. The molecule has 1 saturated heterocycles. The quantitative estimate of drug-likeness (QED) is 0.723. The van der Waals surface area contributed by atoms with Gasteiger partial charge in [0.2, 0.25) is 0 Å². The fourth-order valence-corrected chi connectivity index (χ4v) is 3.37. The molecule has 0 radical (unpaired) electrons. The summed E-state index contributed by atoms with van der Waals surface area (Å²) in [5.74, 6) is 1.56. The van der Waals surface area contributed by atoms with E-state index in [0.29, 0.717) is 5.56 Å². The first-order valence-electron chi connectivity index (χ1n) is 9.54. The van der Waals surface area contributed by atoms with Gasteiger partial charge in [-0.1, -0.05) is 0 Å². The zero-order valence-corrected chi connectivity index (χ0v) is 16.3. The molecule has 1 aliphatic heterocycles. The Labute approximate surface area is 170 Å². The number of benzene rings is 2. The van der Waals surface area contributed by atoms with Crippen molar-refractivity contribution in [2.45, 2.75) is 0 Å². The summed E-state index contributed by atoms with van der Waals surface area (Å²) < 4.78 is 5.12. The molecule has 0 saturated carbocycles. The van der Waals surface area contributed by atoms with E-state index in [9.17, 15) is 4.79 Å². The molecule has 3 aromatic rings. The molecule has 0 aliphatic carbocycles. The number of carbonyl (C=O) groups excluding carboxylic acids is 1. The highest BCUT2D eigenvalue weighted by Gasteiger charge is 2.18. The Bertz CT molecular complexity index is 937. The van der Waals surface area contributed by atoms with Crippen LogP contribution in [0.4, 0.5) is 17.2 Å². The SMILES string of the molecule is COc1ccc(C(=O)Nc2ccc(N3CCN(c4ccncn4)CC3)cc2)cc1. The van der Waals surface area contributed by atoms with Crippen molar-refractivity contribution >= 4 is 23.1 Å². The van der Waals surface area contributed by atoms with Crippen molar-refractivity contribution in [3.05, 3.63) is 72.7 Å². The average Bonchev–Trinajstić information content (AvgIpc) is 2.80. The van der Waals surface area contributed by atoms with Gasteiger partial charge < -0.3 is 19.9 Å². The molecule has 4 rings (SSSR count). The van der Waals surface area contributed by atoms with Crippen LogP contribution in [-0.2, 0) is 0 Å². The number of rotatable bonds is 5. The van der Waals surface area contributed by atoms with E-state index < -0.39 is 0 Å². The van der Waals surface area contributed by atoms with Crippen molar-refractivity contribution in [2.24, 2.45) is 0 Å². The molecule has 1 aliphatic rings.